The normalized spacial score (nSPS) is 26.4. The lowest BCUT2D eigenvalue weighted by Gasteiger charge is -2.16. The third-order valence-corrected chi connectivity index (χ3v) is 2.71. The van der Waals surface area contributed by atoms with E-state index in [1.165, 1.54) is 0 Å². The third kappa shape index (κ3) is 1.81. The standard InChI is InChI=1S/C10H16O4/c1-4-5(2)8(11)7-6(3)9(12)14-10(7)13/h5,8-9,11-12H,4H2,1-3H3/t5-,8+,9-/m0/s1. The van der Waals surface area contributed by atoms with E-state index in [9.17, 15) is 15.0 Å². The molecule has 0 fully saturated rings. The molecule has 0 spiro atoms. The maximum atomic E-state index is 11.3. The van der Waals surface area contributed by atoms with Crippen LogP contribution < -0.4 is 0 Å². The van der Waals surface area contributed by atoms with Crippen LogP contribution in [0.2, 0.25) is 0 Å². The lowest BCUT2D eigenvalue weighted by atomic mass is 9.93. The van der Waals surface area contributed by atoms with E-state index in [1.807, 2.05) is 13.8 Å². The van der Waals surface area contributed by atoms with Crippen LogP contribution in [0.4, 0.5) is 0 Å². The van der Waals surface area contributed by atoms with Crippen LogP contribution in [0, 0.1) is 5.92 Å². The third-order valence-electron chi connectivity index (χ3n) is 2.71. The Morgan fingerprint density at radius 1 is 1.57 bits per heavy atom. The number of hydrogen-bond donors (Lipinski definition) is 2. The summed E-state index contributed by atoms with van der Waals surface area (Å²) in [4.78, 5) is 11.3. The van der Waals surface area contributed by atoms with Gasteiger partial charge in [0.25, 0.3) is 0 Å². The summed E-state index contributed by atoms with van der Waals surface area (Å²) in [6.07, 6.45) is -1.26. The van der Waals surface area contributed by atoms with E-state index in [-0.39, 0.29) is 11.5 Å². The molecular weight excluding hydrogens is 184 g/mol. The molecule has 1 rings (SSSR count). The number of ether oxygens (including phenoxy) is 1. The number of rotatable bonds is 3. The summed E-state index contributed by atoms with van der Waals surface area (Å²) in [5, 5.41) is 19.0. The zero-order valence-electron chi connectivity index (χ0n) is 8.65. The van der Waals surface area contributed by atoms with Gasteiger partial charge in [0.15, 0.2) is 0 Å². The van der Waals surface area contributed by atoms with Crippen LogP contribution in [0.15, 0.2) is 11.1 Å². The number of carbonyl (C=O) groups excluding carboxylic acids is 1. The highest BCUT2D eigenvalue weighted by molar-refractivity contribution is 5.93. The number of hydrogen-bond acceptors (Lipinski definition) is 4. The Hall–Kier alpha value is -0.870. The molecule has 80 valence electrons. The highest BCUT2D eigenvalue weighted by atomic mass is 16.6. The summed E-state index contributed by atoms with van der Waals surface area (Å²) in [5.74, 6) is -0.624. The first-order chi connectivity index (χ1) is 6.49. The second-order valence-electron chi connectivity index (χ2n) is 3.68. The van der Waals surface area contributed by atoms with Gasteiger partial charge in [-0.15, -0.1) is 0 Å². The average molecular weight is 200 g/mol. The molecule has 0 bridgehead atoms. The van der Waals surface area contributed by atoms with Gasteiger partial charge in [0.2, 0.25) is 6.29 Å². The molecule has 1 heterocycles. The molecule has 0 saturated heterocycles. The molecular formula is C10H16O4. The molecule has 1 aliphatic heterocycles. The number of cyclic esters (lactones) is 1. The Balaban J connectivity index is 2.90. The van der Waals surface area contributed by atoms with Gasteiger partial charge in [0.05, 0.1) is 11.7 Å². The van der Waals surface area contributed by atoms with Gasteiger partial charge in [0, 0.05) is 5.57 Å². The average Bonchev–Trinajstić information content (AvgIpc) is 2.39. The first kappa shape index (κ1) is 11.2. The van der Waals surface area contributed by atoms with Crippen molar-refractivity contribution in [2.75, 3.05) is 0 Å². The van der Waals surface area contributed by atoms with Gasteiger partial charge in [-0.25, -0.2) is 4.79 Å². The summed E-state index contributed by atoms with van der Waals surface area (Å²) in [5.41, 5.74) is 0.634. The number of esters is 1. The minimum atomic E-state index is -1.18. The maximum absolute atomic E-state index is 11.3. The van der Waals surface area contributed by atoms with E-state index in [0.29, 0.717) is 5.57 Å². The van der Waals surface area contributed by atoms with Gasteiger partial charge >= 0.3 is 5.97 Å². The Labute approximate surface area is 83.2 Å². The molecule has 14 heavy (non-hydrogen) atoms. The largest absolute Gasteiger partial charge is 0.428 e. The second-order valence-corrected chi connectivity index (χ2v) is 3.68. The molecule has 1 aliphatic rings. The molecule has 0 aliphatic carbocycles. The molecule has 2 N–H and O–H groups in total. The maximum Gasteiger partial charge on any atom is 0.339 e. The Morgan fingerprint density at radius 3 is 2.50 bits per heavy atom. The van der Waals surface area contributed by atoms with Crippen LogP contribution in [0.3, 0.4) is 0 Å². The van der Waals surface area contributed by atoms with Gasteiger partial charge in [-0.1, -0.05) is 20.3 Å². The highest BCUT2D eigenvalue weighted by Gasteiger charge is 2.35. The van der Waals surface area contributed by atoms with Crippen molar-refractivity contribution in [2.45, 2.75) is 39.6 Å². The highest BCUT2D eigenvalue weighted by Crippen LogP contribution is 2.27. The van der Waals surface area contributed by atoms with Gasteiger partial charge in [-0.05, 0) is 12.8 Å². The van der Waals surface area contributed by atoms with Crippen molar-refractivity contribution in [2.24, 2.45) is 5.92 Å². The lowest BCUT2D eigenvalue weighted by molar-refractivity contribution is -0.152. The predicted molar refractivity (Wildman–Crippen MR) is 50.3 cm³/mol. The molecule has 0 radical (unpaired) electrons. The SMILES string of the molecule is CC[C@H](C)[C@@H](O)C1=C(C)[C@@H](O)OC1=O. The van der Waals surface area contributed by atoms with Crippen LogP contribution in [0.25, 0.3) is 0 Å². The molecule has 0 aromatic carbocycles. The summed E-state index contributed by atoms with van der Waals surface area (Å²) < 4.78 is 4.58. The smallest absolute Gasteiger partial charge is 0.339 e. The Morgan fingerprint density at radius 2 is 2.14 bits per heavy atom. The predicted octanol–water partition coefficient (Wildman–Crippen LogP) is 0.585. The minimum Gasteiger partial charge on any atom is -0.428 e. The van der Waals surface area contributed by atoms with Crippen molar-refractivity contribution in [3.8, 4) is 0 Å². The fourth-order valence-corrected chi connectivity index (χ4v) is 1.41. The summed E-state index contributed by atoms with van der Waals surface area (Å²) in [6, 6.07) is 0. The van der Waals surface area contributed by atoms with Crippen molar-refractivity contribution in [3.05, 3.63) is 11.1 Å². The van der Waals surface area contributed by atoms with E-state index in [0.717, 1.165) is 6.42 Å². The van der Waals surface area contributed by atoms with Crippen molar-refractivity contribution < 1.29 is 19.7 Å². The quantitative estimate of drug-likeness (QED) is 0.654. The molecule has 3 atom stereocenters. The van der Waals surface area contributed by atoms with Gasteiger partial charge in [0.1, 0.15) is 0 Å². The monoisotopic (exact) mass is 200 g/mol. The van der Waals surface area contributed by atoms with Gasteiger partial charge in [-0.2, -0.15) is 0 Å². The molecule has 0 saturated carbocycles. The van der Waals surface area contributed by atoms with Crippen LogP contribution in [0.1, 0.15) is 27.2 Å². The summed E-state index contributed by atoms with van der Waals surface area (Å²) in [7, 11) is 0. The molecule has 0 unspecified atom stereocenters. The Kier molecular flexibility index (Phi) is 3.29. The minimum absolute atomic E-state index is 0.0159. The molecule has 0 aromatic heterocycles. The van der Waals surface area contributed by atoms with Crippen molar-refractivity contribution in [1.29, 1.82) is 0 Å². The van der Waals surface area contributed by atoms with E-state index in [1.54, 1.807) is 6.92 Å². The van der Waals surface area contributed by atoms with Crippen LogP contribution in [-0.2, 0) is 9.53 Å². The zero-order chi connectivity index (χ0) is 10.9. The van der Waals surface area contributed by atoms with E-state index >= 15 is 0 Å². The van der Waals surface area contributed by atoms with Crippen LogP contribution >= 0.6 is 0 Å². The molecule has 0 amide bonds. The second kappa shape index (κ2) is 4.11. The zero-order valence-corrected chi connectivity index (χ0v) is 8.65. The number of aliphatic hydroxyl groups excluding tert-OH is 2. The number of aliphatic hydroxyl groups is 2. The molecule has 4 heteroatoms. The first-order valence-electron chi connectivity index (χ1n) is 4.76. The van der Waals surface area contributed by atoms with Crippen LogP contribution in [0.5, 0.6) is 0 Å². The lowest BCUT2D eigenvalue weighted by Crippen LogP contribution is -2.23. The van der Waals surface area contributed by atoms with Crippen molar-refractivity contribution in [3.63, 3.8) is 0 Å². The fraction of sp³-hybridized carbons (Fsp3) is 0.700. The Bertz CT molecular complexity index is 269. The first-order valence-corrected chi connectivity index (χ1v) is 4.76. The number of carbonyl (C=O) groups is 1. The van der Waals surface area contributed by atoms with Crippen molar-refractivity contribution >= 4 is 5.97 Å². The summed E-state index contributed by atoms with van der Waals surface area (Å²) >= 11 is 0. The van der Waals surface area contributed by atoms with Gasteiger partial charge < -0.3 is 14.9 Å². The molecule has 4 nitrogen and oxygen atoms in total. The van der Waals surface area contributed by atoms with Crippen molar-refractivity contribution in [1.82, 2.24) is 0 Å². The summed E-state index contributed by atoms with van der Waals surface area (Å²) in [6.45, 7) is 5.37. The van der Waals surface area contributed by atoms with E-state index < -0.39 is 18.4 Å². The molecule has 0 aromatic rings. The van der Waals surface area contributed by atoms with Gasteiger partial charge in [-0.3, -0.25) is 0 Å². The fourth-order valence-electron chi connectivity index (χ4n) is 1.41. The van der Waals surface area contributed by atoms with E-state index in [2.05, 4.69) is 4.74 Å². The topological polar surface area (TPSA) is 66.8 Å². The van der Waals surface area contributed by atoms with Crippen LogP contribution in [-0.4, -0.2) is 28.6 Å². The van der Waals surface area contributed by atoms with E-state index in [4.69, 9.17) is 0 Å².